The van der Waals surface area contributed by atoms with Gasteiger partial charge in [0.1, 0.15) is 5.76 Å². The van der Waals surface area contributed by atoms with Crippen molar-refractivity contribution < 1.29 is 19.1 Å². The number of hydrogen-bond acceptors (Lipinski definition) is 6. The number of anilines is 2. The van der Waals surface area contributed by atoms with Crippen LogP contribution in [-0.4, -0.2) is 39.3 Å². The lowest BCUT2D eigenvalue weighted by molar-refractivity contribution is -0.137. The van der Waals surface area contributed by atoms with Gasteiger partial charge in [0.25, 0.3) is 0 Å². The molecular formula is C24H26N2O4. The van der Waals surface area contributed by atoms with Crippen LogP contribution >= 0.6 is 0 Å². The zero-order valence-electron chi connectivity index (χ0n) is 17.3. The molecule has 0 amide bonds. The first kappa shape index (κ1) is 22.5. The molecule has 0 N–H and O–H groups in total. The molecule has 0 bridgehead atoms. The summed E-state index contributed by atoms with van der Waals surface area (Å²) in [5.74, 6) is -0.0608. The Kier molecular flexibility index (Phi) is 7.99. The molecule has 30 heavy (non-hydrogen) atoms. The van der Waals surface area contributed by atoms with Gasteiger partial charge in [0.2, 0.25) is 0 Å². The first-order valence-corrected chi connectivity index (χ1v) is 9.26. The largest absolute Gasteiger partial charge is 0.474 e. The highest BCUT2D eigenvalue weighted by molar-refractivity contribution is 6.09. The van der Waals surface area contributed by atoms with Crippen molar-refractivity contribution in [3.05, 3.63) is 97.3 Å². The molecule has 0 aliphatic carbocycles. The van der Waals surface area contributed by atoms with Crippen LogP contribution in [0.4, 0.5) is 11.4 Å². The van der Waals surface area contributed by atoms with E-state index < -0.39 is 5.97 Å². The summed E-state index contributed by atoms with van der Waals surface area (Å²) in [7, 11) is 3.67. The molecule has 2 aromatic carbocycles. The maximum Gasteiger partial charge on any atom is 0.331 e. The number of carbonyl (C=O) groups is 2. The van der Waals surface area contributed by atoms with E-state index in [9.17, 15) is 9.59 Å². The van der Waals surface area contributed by atoms with Crippen LogP contribution in [0.2, 0.25) is 0 Å². The van der Waals surface area contributed by atoms with Crippen LogP contribution in [0, 0.1) is 0 Å². The average Bonchev–Trinajstić information content (AvgIpc) is 2.80. The van der Waals surface area contributed by atoms with Crippen LogP contribution in [0.3, 0.4) is 0 Å². The summed E-state index contributed by atoms with van der Waals surface area (Å²) in [6.45, 7) is 11.1. The third-order valence-electron chi connectivity index (χ3n) is 4.38. The Labute approximate surface area is 177 Å². The van der Waals surface area contributed by atoms with Crippen molar-refractivity contribution in [1.29, 1.82) is 0 Å². The molecule has 0 saturated carbocycles. The number of ether oxygens (including phenoxy) is 2. The van der Waals surface area contributed by atoms with Gasteiger partial charge in [-0.25, -0.2) is 4.79 Å². The Morgan fingerprint density at radius 3 is 1.63 bits per heavy atom. The standard InChI is InChI=1S/C24H26N2O4/c1-6-18(3)29-16-25(4)21-12-8-19(9-13-21)24(28)20-10-14-22(15-11-20)26(5)17-30-23(27)7-2/h6-15H,1-3,16-17H2,4-5H3. The highest BCUT2D eigenvalue weighted by Gasteiger charge is 2.11. The van der Waals surface area contributed by atoms with Crippen molar-refractivity contribution in [3.63, 3.8) is 0 Å². The first-order chi connectivity index (χ1) is 14.3. The summed E-state index contributed by atoms with van der Waals surface area (Å²) >= 11 is 0. The Morgan fingerprint density at radius 2 is 1.23 bits per heavy atom. The van der Waals surface area contributed by atoms with Gasteiger partial charge in [0.05, 0.1) is 0 Å². The first-order valence-electron chi connectivity index (χ1n) is 9.26. The van der Waals surface area contributed by atoms with Gasteiger partial charge in [-0.15, -0.1) is 0 Å². The van der Waals surface area contributed by atoms with Gasteiger partial charge in [-0.3, -0.25) is 4.79 Å². The third kappa shape index (κ3) is 6.10. The number of nitrogens with zero attached hydrogens (tertiary/aromatic N) is 2. The van der Waals surface area contributed by atoms with E-state index in [2.05, 4.69) is 19.7 Å². The van der Waals surface area contributed by atoms with E-state index in [1.54, 1.807) is 54.4 Å². The van der Waals surface area contributed by atoms with Gasteiger partial charge < -0.3 is 19.3 Å². The van der Waals surface area contributed by atoms with Gasteiger partial charge >= 0.3 is 5.97 Å². The maximum atomic E-state index is 12.8. The summed E-state index contributed by atoms with van der Waals surface area (Å²) in [5.41, 5.74) is 2.89. The lowest BCUT2D eigenvalue weighted by atomic mass is 10.0. The molecule has 0 aliphatic rings. The number of benzene rings is 2. The zero-order chi connectivity index (χ0) is 22.1. The predicted molar refractivity (Wildman–Crippen MR) is 120 cm³/mol. The number of ketones is 1. The van der Waals surface area contributed by atoms with Crippen molar-refractivity contribution in [2.24, 2.45) is 0 Å². The smallest absolute Gasteiger partial charge is 0.331 e. The molecule has 0 spiro atoms. The molecule has 2 aromatic rings. The topological polar surface area (TPSA) is 59.1 Å². The van der Waals surface area contributed by atoms with Crippen molar-refractivity contribution in [1.82, 2.24) is 0 Å². The SMILES string of the molecule is C=CC(=C)OCN(C)c1ccc(C(=O)c2ccc(N(C)COC(=O)C=C)cc2)cc1. The van der Waals surface area contributed by atoms with Gasteiger partial charge in [-0.1, -0.05) is 19.7 Å². The van der Waals surface area contributed by atoms with Crippen LogP contribution in [-0.2, 0) is 14.3 Å². The number of esters is 1. The van der Waals surface area contributed by atoms with Crippen LogP contribution in [0.15, 0.2) is 86.2 Å². The molecule has 0 aliphatic heterocycles. The minimum absolute atomic E-state index is 0.0761. The number of hydrogen-bond donors (Lipinski definition) is 0. The summed E-state index contributed by atoms with van der Waals surface area (Å²) < 4.78 is 10.4. The van der Waals surface area contributed by atoms with E-state index in [1.165, 1.54) is 0 Å². The van der Waals surface area contributed by atoms with Crippen LogP contribution in [0.1, 0.15) is 15.9 Å². The quantitative estimate of drug-likeness (QED) is 0.140. The van der Waals surface area contributed by atoms with Crippen LogP contribution in [0.5, 0.6) is 0 Å². The summed E-state index contributed by atoms with van der Waals surface area (Å²) in [6, 6.07) is 14.4. The second-order valence-electron chi connectivity index (χ2n) is 6.56. The summed E-state index contributed by atoms with van der Waals surface area (Å²) in [4.78, 5) is 27.6. The Balaban J connectivity index is 2.00. The lowest BCUT2D eigenvalue weighted by Crippen LogP contribution is -2.22. The zero-order valence-corrected chi connectivity index (χ0v) is 17.3. The summed E-state index contributed by atoms with van der Waals surface area (Å²) in [5, 5.41) is 0. The van der Waals surface area contributed by atoms with Gasteiger partial charge in [-0.2, -0.15) is 0 Å². The Morgan fingerprint density at radius 1 is 0.800 bits per heavy atom. The third-order valence-corrected chi connectivity index (χ3v) is 4.38. The fourth-order valence-electron chi connectivity index (χ4n) is 2.51. The van der Waals surface area contributed by atoms with Gasteiger partial charge in [0, 0.05) is 42.7 Å². The van der Waals surface area contributed by atoms with Crippen molar-refractivity contribution in [2.45, 2.75) is 0 Å². The molecule has 0 radical (unpaired) electrons. The monoisotopic (exact) mass is 406 g/mol. The maximum absolute atomic E-state index is 12.8. The molecule has 156 valence electrons. The highest BCUT2D eigenvalue weighted by atomic mass is 16.5. The second kappa shape index (κ2) is 10.7. The molecular weight excluding hydrogens is 380 g/mol. The minimum Gasteiger partial charge on any atom is -0.474 e. The fourth-order valence-corrected chi connectivity index (χ4v) is 2.51. The van der Waals surface area contributed by atoms with E-state index in [4.69, 9.17) is 9.47 Å². The van der Waals surface area contributed by atoms with E-state index in [0.717, 1.165) is 17.5 Å². The van der Waals surface area contributed by atoms with E-state index >= 15 is 0 Å². The Hall–Kier alpha value is -3.80. The normalized spacial score (nSPS) is 9.93. The molecule has 6 nitrogen and oxygen atoms in total. The van der Waals surface area contributed by atoms with Crippen molar-refractivity contribution in [3.8, 4) is 0 Å². The predicted octanol–water partition coefficient (Wildman–Crippen LogP) is 4.15. The molecule has 6 heteroatoms. The molecule has 0 fully saturated rings. The fraction of sp³-hybridized carbons (Fsp3) is 0.167. The number of allylic oxidation sites excluding steroid dienone is 1. The lowest BCUT2D eigenvalue weighted by Gasteiger charge is -2.20. The van der Waals surface area contributed by atoms with Crippen molar-refractivity contribution in [2.75, 3.05) is 37.4 Å². The second-order valence-corrected chi connectivity index (χ2v) is 6.56. The van der Waals surface area contributed by atoms with Crippen molar-refractivity contribution >= 4 is 23.1 Å². The Bertz CT molecular complexity index is 842. The van der Waals surface area contributed by atoms with Gasteiger partial charge in [0.15, 0.2) is 19.2 Å². The average molecular weight is 406 g/mol. The highest BCUT2D eigenvalue weighted by Crippen LogP contribution is 2.19. The molecule has 0 saturated heterocycles. The van der Waals surface area contributed by atoms with E-state index in [-0.39, 0.29) is 12.5 Å². The minimum atomic E-state index is -0.486. The molecule has 2 rings (SSSR count). The van der Waals surface area contributed by atoms with E-state index in [1.807, 2.05) is 24.1 Å². The number of rotatable bonds is 11. The van der Waals surface area contributed by atoms with Gasteiger partial charge in [-0.05, 0) is 54.6 Å². The molecule has 0 unspecified atom stereocenters. The van der Waals surface area contributed by atoms with Crippen LogP contribution in [0.25, 0.3) is 0 Å². The van der Waals surface area contributed by atoms with Crippen LogP contribution < -0.4 is 9.80 Å². The molecule has 0 aromatic heterocycles. The summed E-state index contributed by atoms with van der Waals surface area (Å²) in [6.07, 6.45) is 2.66. The molecule has 0 atom stereocenters. The molecule has 0 heterocycles. The van der Waals surface area contributed by atoms with E-state index in [0.29, 0.717) is 23.6 Å². The number of carbonyl (C=O) groups excluding carboxylic acids is 2.